The van der Waals surface area contributed by atoms with Gasteiger partial charge in [0.15, 0.2) is 0 Å². The van der Waals surface area contributed by atoms with E-state index >= 15 is 0 Å². The van der Waals surface area contributed by atoms with Crippen LogP contribution in [0, 0.1) is 0 Å². The Hall–Kier alpha value is -2.96. The quantitative estimate of drug-likeness (QED) is 0.307. The van der Waals surface area contributed by atoms with Gasteiger partial charge in [-0.2, -0.15) is 5.10 Å². The van der Waals surface area contributed by atoms with Crippen molar-refractivity contribution in [2.45, 2.75) is 69.4 Å². The first-order chi connectivity index (χ1) is 17.2. The van der Waals surface area contributed by atoms with Crippen LogP contribution in [0.3, 0.4) is 0 Å². The van der Waals surface area contributed by atoms with Crippen LogP contribution in [0.1, 0.15) is 63.4 Å². The summed E-state index contributed by atoms with van der Waals surface area (Å²) in [5.74, 6) is 1.01. The average molecular weight is 533 g/mol. The number of rotatable bonds is 9. The third-order valence-electron chi connectivity index (χ3n) is 6.23. The van der Waals surface area contributed by atoms with E-state index in [1.807, 2.05) is 36.7 Å². The molecule has 1 aromatic carbocycles. The number of carbonyl (C=O) groups is 1. The number of aromatic nitrogens is 3. The van der Waals surface area contributed by atoms with Gasteiger partial charge in [0, 0.05) is 48.1 Å². The van der Waals surface area contributed by atoms with Crippen molar-refractivity contribution in [3.63, 3.8) is 0 Å². The highest BCUT2D eigenvalue weighted by molar-refractivity contribution is 7.89. The predicted molar refractivity (Wildman–Crippen MR) is 140 cm³/mol. The molecule has 0 radical (unpaired) electrons. The Balaban J connectivity index is 1.61. The lowest BCUT2D eigenvalue weighted by atomic mass is 9.86. The summed E-state index contributed by atoms with van der Waals surface area (Å²) >= 11 is 1.50. The van der Waals surface area contributed by atoms with E-state index in [2.05, 4.69) is 25.4 Å². The number of hydrogen-bond acceptors (Lipinski definition) is 7. The van der Waals surface area contributed by atoms with E-state index < -0.39 is 16.1 Å². The van der Waals surface area contributed by atoms with Crippen molar-refractivity contribution in [3.8, 4) is 10.4 Å². The third-order valence-corrected chi connectivity index (χ3v) is 9.01. The minimum Gasteiger partial charge on any atom is -0.465 e. The van der Waals surface area contributed by atoms with Crippen molar-refractivity contribution in [2.24, 2.45) is 0 Å². The molecule has 1 saturated carbocycles. The highest BCUT2D eigenvalue weighted by atomic mass is 32.2. The Morgan fingerprint density at radius 3 is 2.64 bits per heavy atom. The molecule has 4 rings (SSSR count). The zero-order valence-corrected chi connectivity index (χ0v) is 22.2. The maximum Gasteiger partial charge on any atom is 0.404 e. The molecule has 12 heteroatoms. The molecule has 1 aliphatic carbocycles. The molecule has 1 aliphatic rings. The van der Waals surface area contributed by atoms with Gasteiger partial charge >= 0.3 is 6.09 Å². The van der Waals surface area contributed by atoms with Crippen molar-refractivity contribution in [2.75, 3.05) is 11.9 Å². The molecule has 0 atom stereocenters. The maximum atomic E-state index is 13.2. The summed E-state index contributed by atoms with van der Waals surface area (Å²) in [6.07, 6.45) is 5.66. The standard InChI is InChI=1S/C24H32N6O4S2/c1-4-27-36(33,34)21-13-18(28-22-11-12-26-30(22)15(2)3)9-10-19(21)20-14-25-23(35-20)16-5-7-17(8-6-16)29-24(31)32/h9-17,27-29H,4-8H2,1-3H3,(H,31,32). The SMILES string of the molecule is CCNS(=O)(=O)c1cc(Nc2ccnn2C(C)C)ccc1-c1cnc(C2CCC(NC(=O)O)CC2)s1. The topological polar surface area (TPSA) is 138 Å². The molecule has 0 saturated heterocycles. The summed E-state index contributed by atoms with van der Waals surface area (Å²) < 4.78 is 30.8. The fourth-order valence-electron chi connectivity index (χ4n) is 4.53. The second-order valence-electron chi connectivity index (χ2n) is 9.15. The van der Waals surface area contributed by atoms with Gasteiger partial charge in [0.05, 0.1) is 21.0 Å². The second-order valence-corrected chi connectivity index (χ2v) is 12.0. The molecule has 1 amide bonds. The van der Waals surface area contributed by atoms with Crippen molar-refractivity contribution < 1.29 is 18.3 Å². The number of nitrogens with one attached hydrogen (secondary N) is 3. The number of nitrogens with zero attached hydrogens (tertiary/aromatic N) is 3. The predicted octanol–water partition coefficient (Wildman–Crippen LogP) is 4.92. The van der Waals surface area contributed by atoms with Gasteiger partial charge in [-0.05, 0) is 51.7 Å². The summed E-state index contributed by atoms with van der Waals surface area (Å²) in [7, 11) is -3.75. The molecule has 0 spiro atoms. The van der Waals surface area contributed by atoms with Crippen LogP contribution >= 0.6 is 11.3 Å². The first kappa shape index (κ1) is 26.1. The van der Waals surface area contributed by atoms with E-state index in [4.69, 9.17) is 5.11 Å². The fraction of sp³-hybridized carbons (Fsp3) is 0.458. The summed E-state index contributed by atoms with van der Waals surface area (Å²) in [5.41, 5.74) is 1.25. The summed E-state index contributed by atoms with van der Waals surface area (Å²) in [6.45, 7) is 6.08. The number of thiazole rings is 1. The van der Waals surface area contributed by atoms with Crippen LogP contribution in [0.5, 0.6) is 0 Å². The van der Waals surface area contributed by atoms with Crippen molar-refractivity contribution in [1.82, 2.24) is 24.8 Å². The van der Waals surface area contributed by atoms with Crippen LogP contribution in [0.25, 0.3) is 10.4 Å². The zero-order valence-electron chi connectivity index (χ0n) is 20.6. The van der Waals surface area contributed by atoms with Crippen molar-refractivity contribution >= 4 is 39.0 Å². The molecule has 10 nitrogen and oxygen atoms in total. The normalized spacial score (nSPS) is 18.3. The van der Waals surface area contributed by atoms with E-state index in [-0.39, 0.29) is 29.4 Å². The second kappa shape index (κ2) is 11.0. The first-order valence-electron chi connectivity index (χ1n) is 12.1. The Bertz CT molecular complexity index is 1310. The van der Waals surface area contributed by atoms with Gasteiger partial charge in [-0.15, -0.1) is 11.3 Å². The van der Waals surface area contributed by atoms with Crippen LogP contribution in [-0.2, 0) is 10.0 Å². The number of anilines is 2. The minimum absolute atomic E-state index is 0.0258. The maximum absolute atomic E-state index is 13.2. The molecule has 0 bridgehead atoms. The van der Waals surface area contributed by atoms with E-state index in [1.165, 1.54) is 11.3 Å². The molecular formula is C24H32N6O4S2. The molecule has 3 aromatic rings. The van der Waals surface area contributed by atoms with Crippen LogP contribution in [0.2, 0.25) is 0 Å². The molecule has 4 N–H and O–H groups in total. The molecule has 1 fully saturated rings. The van der Waals surface area contributed by atoms with Crippen LogP contribution in [0.15, 0.2) is 41.6 Å². The Labute approximate surface area is 215 Å². The molecule has 194 valence electrons. The third kappa shape index (κ3) is 5.88. The van der Waals surface area contributed by atoms with Gasteiger partial charge in [-0.1, -0.05) is 13.0 Å². The van der Waals surface area contributed by atoms with E-state index in [9.17, 15) is 13.2 Å². The Kier molecular flexibility index (Phi) is 7.96. The zero-order chi connectivity index (χ0) is 25.9. The van der Waals surface area contributed by atoms with Crippen LogP contribution in [-0.4, -0.2) is 47.0 Å². The monoisotopic (exact) mass is 532 g/mol. The van der Waals surface area contributed by atoms with E-state index in [0.717, 1.165) is 41.4 Å². The average Bonchev–Trinajstić information content (AvgIpc) is 3.49. The van der Waals surface area contributed by atoms with Crippen LogP contribution in [0.4, 0.5) is 16.3 Å². The molecular weight excluding hydrogens is 500 g/mol. The van der Waals surface area contributed by atoms with Gasteiger partial charge in [-0.3, -0.25) is 0 Å². The first-order valence-corrected chi connectivity index (χ1v) is 14.4. The lowest BCUT2D eigenvalue weighted by molar-refractivity contribution is 0.185. The Morgan fingerprint density at radius 2 is 1.97 bits per heavy atom. The Morgan fingerprint density at radius 1 is 1.22 bits per heavy atom. The summed E-state index contributed by atoms with van der Waals surface area (Å²) in [6, 6.07) is 7.29. The molecule has 36 heavy (non-hydrogen) atoms. The van der Waals surface area contributed by atoms with Crippen LogP contribution < -0.4 is 15.4 Å². The fourth-order valence-corrected chi connectivity index (χ4v) is 7.00. The van der Waals surface area contributed by atoms with Crippen molar-refractivity contribution in [1.29, 1.82) is 0 Å². The number of amides is 1. The van der Waals surface area contributed by atoms with Crippen molar-refractivity contribution in [3.05, 3.63) is 41.7 Å². The van der Waals surface area contributed by atoms with Gasteiger partial charge in [-0.25, -0.2) is 27.6 Å². The lowest BCUT2D eigenvalue weighted by Gasteiger charge is -2.27. The summed E-state index contributed by atoms with van der Waals surface area (Å²) in [4.78, 5) is 16.5. The lowest BCUT2D eigenvalue weighted by Crippen LogP contribution is -2.36. The number of hydrogen-bond donors (Lipinski definition) is 4. The minimum atomic E-state index is -3.75. The smallest absolute Gasteiger partial charge is 0.404 e. The van der Waals surface area contributed by atoms with Gasteiger partial charge in [0.2, 0.25) is 10.0 Å². The number of benzene rings is 1. The number of sulfonamides is 1. The summed E-state index contributed by atoms with van der Waals surface area (Å²) in [5, 5.41) is 20.1. The molecule has 2 aromatic heterocycles. The molecule has 0 aliphatic heterocycles. The highest BCUT2D eigenvalue weighted by Crippen LogP contribution is 2.40. The van der Waals surface area contributed by atoms with E-state index in [0.29, 0.717) is 11.3 Å². The highest BCUT2D eigenvalue weighted by Gasteiger charge is 2.27. The number of carboxylic acid groups (broad SMARTS) is 1. The van der Waals surface area contributed by atoms with Gasteiger partial charge in [0.1, 0.15) is 5.82 Å². The van der Waals surface area contributed by atoms with E-state index in [1.54, 1.807) is 25.4 Å². The van der Waals surface area contributed by atoms with Gasteiger partial charge in [0.25, 0.3) is 0 Å². The molecule has 0 unspecified atom stereocenters. The largest absolute Gasteiger partial charge is 0.465 e. The molecule has 2 heterocycles. The van der Waals surface area contributed by atoms with Gasteiger partial charge < -0.3 is 15.7 Å².